The van der Waals surface area contributed by atoms with E-state index in [2.05, 4.69) is 19.9 Å². The summed E-state index contributed by atoms with van der Waals surface area (Å²) in [6.07, 6.45) is 2.65. The average molecular weight is 245 g/mol. The fourth-order valence-electron chi connectivity index (χ4n) is 0.943. The number of rotatable bonds is 3. The van der Waals surface area contributed by atoms with Crippen LogP contribution in [0.25, 0.3) is 0 Å². The van der Waals surface area contributed by atoms with Crippen molar-refractivity contribution >= 4 is 32.3 Å². The highest BCUT2D eigenvalue weighted by Crippen LogP contribution is 2.20. The number of hydrogen-bond donors (Lipinski definition) is 3. The number of nitrogens with one attached hydrogen (secondary N) is 2. The average Bonchev–Trinajstić information content (AvgIpc) is 2.75. The monoisotopic (exact) mass is 245 g/mol. The number of nitrogens with zero attached hydrogens (tertiary/aromatic N) is 2. The van der Waals surface area contributed by atoms with E-state index in [-0.39, 0.29) is 15.8 Å². The molecule has 0 saturated carbocycles. The molecule has 0 radical (unpaired) electrons. The van der Waals surface area contributed by atoms with Gasteiger partial charge in [0.2, 0.25) is 0 Å². The van der Waals surface area contributed by atoms with Gasteiger partial charge in [-0.2, -0.15) is 5.10 Å². The zero-order valence-electron chi connectivity index (χ0n) is 7.34. The van der Waals surface area contributed by atoms with Crippen molar-refractivity contribution in [2.24, 2.45) is 0 Å². The quantitative estimate of drug-likeness (QED) is 0.717. The van der Waals surface area contributed by atoms with Crippen molar-refractivity contribution in [3.63, 3.8) is 0 Å². The van der Waals surface area contributed by atoms with E-state index < -0.39 is 10.0 Å². The van der Waals surface area contributed by atoms with Crippen LogP contribution < -0.4 is 10.5 Å². The fraction of sp³-hybridized carbons (Fsp3) is 0. The van der Waals surface area contributed by atoms with Crippen LogP contribution in [0, 0.1) is 0 Å². The number of anilines is 2. The minimum absolute atomic E-state index is 0.000874. The number of H-pyrrole nitrogens is 1. The Morgan fingerprint density at radius 2 is 2.33 bits per heavy atom. The Labute approximate surface area is 89.4 Å². The summed E-state index contributed by atoms with van der Waals surface area (Å²) in [6.45, 7) is 0. The molecule has 0 fully saturated rings. The van der Waals surface area contributed by atoms with Crippen LogP contribution in [0.5, 0.6) is 0 Å². The van der Waals surface area contributed by atoms with Gasteiger partial charge in [0, 0.05) is 11.6 Å². The molecular weight excluding hydrogens is 238 g/mol. The molecule has 80 valence electrons. The zero-order valence-corrected chi connectivity index (χ0v) is 8.97. The summed E-state index contributed by atoms with van der Waals surface area (Å²) in [4.78, 5) is 3.71. The van der Waals surface area contributed by atoms with Crippen LogP contribution in [0.4, 0.5) is 10.9 Å². The molecule has 0 aliphatic carbocycles. The van der Waals surface area contributed by atoms with Crippen molar-refractivity contribution in [3.05, 3.63) is 17.8 Å². The van der Waals surface area contributed by atoms with Gasteiger partial charge in [0.25, 0.3) is 10.0 Å². The SMILES string of the molecule is Nc1[nH]ncc1S(=O)(=O)Nc1nccs1. The first kappa shape index (κ1) is 9.93. The summed E-state index contributed by atoms with van der Waals surface area (Å²) >= 11 is 1.18. The van der Waals surface area contributed by atoms with Gasteiger partial charge in [-0.25, -0.2) is 13.4 Å². The summed E-state index contributed by atoms with van der Waals surface area (Å²) in [5.41, 5.74) is 5.40. The highest BCUT2D eigenvalue weighted by Gasteiger charge is 2.20. The van der Waals surface area contributed by atoms with Gasteiger partial charge in [-0.15, -0.1) is 11.3 Å². The van der Waals surface area contributed by atoms with E-state index in [0.717, 1.165) is 6.20 Å². The minimum Gasteiger partial charge on any atom is -0.383 e. The summed E-state index contributed by atoms with van der Waals surface area (Å²) in [5.74, 6) is -0.000874. The van der Waals surface area contributed by atoms with Gasteiger partial charge < -0.3 is 5.73 Å². The number of sulfonamides is 1. The summed E-state index contributed by atoms with van der Waals surface area (Å²) < 4.78 is 25.7. The van der Waals surface area contributed by atoms with Gasteiger partial charge in [0.05, 0.1) is 6.20 Å². The lowest BCUT2D eigenvalue weighted by atomic mass is 10.7. The van der Waals surface area contributed by atoms with Crippen LogP contribution in [0.15, 0.2) is 22.7 Å². The van der Waals surface area contributed by atoms with Crippen molar-refractivity contribution in [2.45, 2.75) is 4.90 Å². The standard InChI is InChI=1S/C6H7N5O2S2/c7-5-4(3-9-10-5)15(12,13)11-6-8-1-2-14-6/h1-3H,(H,8,11)(H3,7,9,10). The van der Waals surface area contributed by atoms with Crippen LogP contribution in [-0.2, 0) is 10.0 Å². The molecule has 15 heavy (non-hydrogen) atoms. The molecule has 4 N–H and O–H groups in total. The van der Waals surface area contributed by atoms with Crippen molar-refractivity contribution in [1.82, 2.24) is 15.2 Å². The first-order valence-electron chi connectivity index (χ1n) is 3.81. The van der Waals surface area contributed by atoms with E-state index in [0.29, 0.717) is 0 Å². The molecule has 0 aromatic carbocycles. The molecule has 2 rings (SSSR count). The molecule has 0 aliphatic rings. The lowest BCUT2D eigenvalue weighted by Gasteiger charge is -2.02. The third kappa shape index (κ3) is 1.92. The number of thiazole rings is 1. The Kier molecular flexibility index (Phi) is 2.32. The van der Waals surface area contributed by atoms with E-state index in [1.165, 1.54) is 17.5 Å². The second kappa shape index (κ2) is 3.51. The van der Waals surface area contributed by atoms with E-state index in [9.17, 15) is 8.42 Å². The van der Waals surface area contributed by atoms with Gasteiger partial charge in [-0.05, 0) is 0 Å². The summed E-state index contributed by atoms with van der Waals surface area (Å²) in [7, 11) is -3.69. The lowest BCUT2D eigenvalue weighted by Crippen LogP contribution is -2.13. The molecule has 0 unspecified atom stereocenters. The topological polar surface area (TPSA) is 114 Å². The van der Waals surface area contributed by atoms with Crippen LogP contribution >= 0.6 is 11.3 Å². The third-order valence-electron chi connectivity index (χ3n) is 1.58. The molecule has 9 heteroatoms. The smallest absolute Gasteiger partial charge is 0.268 e. The number of nitrogen functional groups attached to an aromatic ring is 1. The molecule has 0 amide bonds. The molecule has 0 aliphatic heterocycles. The van der Waals surface area contributed by atoms with Crippen LogP contribution in [-0.4, -0.2) is 23.6 Å². The molecule has 0 spiro atoms. The van der Waals surface area contributed by atoms with Gasteiger partial charge in [0.15, 0.2) is 5.13 Å². The van der Waals surface area contributed by atoms with Crippen molar-refractivity contribution in [2.75, 3.05) is 10.5 Å². The second-order valence-corrected chi connectivity index (χ2v) is 5.14. The Morgan fingerprint density at radius 3 is 2.87 bits per heavy atom. The van der Waals surface area contributed by atoms with Crippen molar-refractivity contribution < 1.29 is 8.42 Å². The Bertz CT molecular complexity index is 544. The van der Waals surface area contributed by atoms with Crippen LogP contribution in [0.3, 0.4) is 0 Å². The molecule has 0 bridgehead atoms. The number of aromatic amines is 1. The number of aromatic nitrogens is 3. The van der Waals surface area contributed by atoms with Gasteiger partial charge >= 0.3 is 0 Å². The lowest BCUT2D eigenvalue weighted by molar-refractivity contribution is 0.601. The normalized spacial score (nSPS) is 11.5. The molecule has 2 heterocycles. The Morgan fingerprint density at radius 1 is 1.53 bits per heavy atom. The van der Waals surface area contributed by atoms with Crippen molar-refractivity contribution in [3.8, 4) is 0 Å². The Balaban J connectivity index is 2.33. The molecular formula is C6H7N5O2S2. The zero-order chi connectivity index (χ0) is 10.9. The van der Waals surface area contributed by atoms with Gasteiger partial charge in [-0.1, -0.05) is 0 Å². The fourth-order valence-corrected chi connectivity index (χ4v) is 2.76. The maximum absolute atomic E-state index is 11.7. The molecule has 2 aromatic heterocycles. The maximum Gasteiger partial charge on any atom is 0.268 e. The molecule has 2 aromatic rings. The van der Waals surface area contributed by atoms with E-state index in [1.54, 1.807) is 5.38 Å². The molecule has 7 nitrogen and oxygen atoms in total. The second-order valence-electron chi connectivity index (χ2n) is 2.59. The highest BCUT2D eigenvalue weighted by atomic mass is 32.2. The summed E-state index contributed by atoms with van der Waals surface area (Å²) in [5, 5.41) is 7.83. The number of nitrogens with two attached hydrogens (primary N) is 1. The van der Waals surface area contributed by atoms with E-state index >= 15 is 0 Å². The van der Waals surface area contributed by atoms with E-state index in [4.69, 9.17) is 5.73 Å². The Hall–Kier alpha value is -1.61. The van der Waals surface area contributed by atoms with Gasteiger partial charge in [0.1, 0.15) is 10.7 Å². The van der Waals surface area contributed by atoms with Crippen LogP contribution in [0.1, 0.15) is 0 Å². The minimum atomic E-state index is -3.69. The first-order chi connectivity index (χ1) is 7.09. The third-order valence-corrected chi connectivity index (χ3v) is 3.76. The van der Waals surface area contributed by atoms with Crippen molar-refractivity contribution in [1.29, 1.82) is 0 Å². The number of hydrogen-bond acceptors (Lipinski definition) is 6. The predicted octanol–water partition coefficient (Wildman–Crippen LogP) is 0.249. The first-order valence-corrected chi connectivity index (χ1v) is 6.17. The maximum atomic E-state index is 11.7. The highest BCUT2D eigenvalue weighted by molar-refractivity contribution is 7.93. The summed E-state index contributed by atoms with van der Waals surface area (Å²) in [6, 6.07) is 0. The molecule has 0 saturated heterocycles. The van der Waals surface area contributed by atoms with Crippen LogP contribution in [0.2, 0.25) is 0 Å². The predicted molar refractivity (Wildman–Crippen MR) is 55.9 cm³/mol. The van der Waals surface area contributed by atoms with E-state index in [1.807, 2.05) is 0 Å². The molecule has 0 atom stereocenters. The largest absolute Gasteiger partial charge is 0.383 e. The van der Waals surface area contributed by atoms with Gasteiger partial charge in [-0.3, -0.25) is 9.82 Å².